The minimum Gasteiger partial charge on any atom is -0.465 e. The van der Waals surface area contributed by atoms with E-state index in [0.29, 0.717) is 18.9 Å². The molecule has 10 nitrogen and oxygen atoms in total. The first-order valence-corrected chi connectivity index (χ1v) is 17.1. The fraction of sp³-hybridized carbons (Fsp3) is 0.105. The second-order valence-corrected chi connectivity index (χ2v) is 13.4. The van der Waals surface area contributed by atoms with Crippen molar-refractivity contribution in [3.05, 3.63) is 156 Å². The van der Waals surface area contributed by atoms with Crippen molar-refractivity contribution in [3.63, 3.8) is 0 Å². The number of fused-ring (bicyclic) bond motifs is 1. The molecule has 250 valence electrons. The number of nitrogens with zero attached hydrogens (tertiary/aromatic N) is 6. The molecule has 0 bridgehead atoms. The molecule has 0 aliphatic rings. The Balaban J connectivity index is 1.58. The zero-order valence-electron chi connectivity index (χ0n) is 27.1. The summed E-state index contributed by atoms with van der Waals surface area (Å²) < 4.78 is 53.9. The highest BCUT2D eigenvalue weighted by molar-refractivity contribution is 7.90. The van der Waals surface area contributed by atoms with Crippen LogP contribution in [0, 0.1) is 12.7 Å². The summed E-state index contributed by atoms with van der Waals surface area (Å²) in [5, 5.41) is 4.49. The van der Waals surface area contributed by atoms with Crippen LogP contribution in [0.5, 0.6) is 0 Å². The SMILES string of the molecule is COC(=O)c1cnc(N(Cc2ccccc2)Cc2ccccc2)c2c1cc(-c1cccc(-n3cnc(C)n3)c1F)n2S(=O)(=O)c1ccccc1. The van der Waals surface area contributed by atoms with Crippen LogP contribution in [0.25, 0.3) is 27.8 Å². The van der Waals surface area contributed by atoms with Gasteiger partial charge in [-0.15, -0.1) is 0 Å². The van der Waals surface area contributed by atoms with Crippen LogP contribution in [-0.4, -0.2) is 45.2 Å². The predicted molar refractivity (Wildman–Crippen MR) is 188 cm³/mol. The van der Waals surface area contributed by atoms with Crippen molar-refractivity contribution in [2.75, 3.05) is 12.0 Å². The van der Waals surface area contributed by atoms with E-state index in [1.807, 2.05) is 65.6 Å². The van der Waals surface area contributed by atoms with Gasteiger partial charge in [-0.1, -0.05) is 84.9 Å². The molecule has 3 aromatic heterocycles. The van der Waals surface area contributed by atoms with E-state index in [2.05, 4.69) is 10.1 Å². The number of carbonyl (C=O) groups excluding carboxylic acids is 1. The van der Waals surface area contributed by atoms with Crippen molar-refractivity contribution < 1.29 is 22.3 Å². The maximum Gasteiger partial charge on any atom is 0.340 e. The van der Waals surface area contributed by atoms with E-state index in [9.17, 15) is 13.2 Å². The van der Waals surface area contributed by atoms with Crippen molar-refractivity contribution >= 4 is 32.7 Å². The fourth-order valence-electron chi connectivity index (χ4n) is 5.97. The number of anilines is 1. The first kappa shape index (κ1) is 32.4. The third-order valence-electron chi connectivity index (χ3n) is 8.30. The molecule has 7 rings (SSSR count). The summed E-state index contributed by atoms with van der Waals surface area (Å²) in [6.45, 7) is 2.37. The van der Waals surface area contributed by atoms with E-state index in [0.717, 1.165) is 15.1 Å². The van der Waals surface area contributed by atoms with E-state index in [1.54, 1.807) is 31.2 Å². The van der Waals surface area contributed by atoms with Crippen molar-refractivity contribution in [3.8, 4) is 16.9 Å². The number of halogens is 1. The lowest BCUT2D eigenvalue weighted by molar-refractivity contribution is 0.0602. The molecule has 0 saturated carbocycles. The number of methoxy groups -OCH3 is 1. The number of hydrogen-bond acceptors (Lipinski definition) is 8. The molecule has 0 saturated heterocycles. The van der Waals surface area contributed by atoms with Gasteiger partial charge in [0.05, 0.1) is 23.3 Å². The van der Waals surface area contributed by atoms with Crippen LogP contribution < -0.4 is 4.90 Å². The number of aromatic nitrogens is 5. The molecular formula is C38H31FN6O4S. The molecule has 50 heavy (non-hydrogen) atoms. The molecule has 0 atom stereocenters. The van der Waals surface area contributed by atoms with E-state index in [1.165, 1.54) is 54.6 Å². The second-order valence-electron chi connectivity index (χ2n) is 11.6. The topological polar surface area (TPSA) is 112 Å². The number of benzene rings is 4. The van der Waals surface area contributed by atoms with Gasteiger partial charge >= 0.3 is 5.97 Å². The summed E-state index contributed by atoms with van der Waals surface area (Å²) in [7, 11) is -3.21. The van der Waals surface area contributed by atoms with Gasteiger partial charge < -0.3 is 9.64 Å². The molecule has 0 amide bonds. The molecule has 0 N–H and O–H groups in total. The number of pyridine rings is 1. The Kier molecular flexibility index (Phi) is 8.69. The maximum absolute atomic E-state index is 16.7. The largest absolute Gasteiger partial charge is 0.465 e. The van der Waals surface area contributed by atoms with Crippen molar-refractivity contribution in [2.24, 2.45) is 0 Å². The number of hydrogen-bond donors (Lipinski definition) is 0. The molecule has 3 heterocycles. The third kappa shape index (κ3) is 6.01. The minimum absolute atomic E-state index is 0.0150. The summed E-state index contributed by atoms with van der Waals surface area (Å²) >= 11 is 0. The lowest BCUT2D eigenvalue weighted by Gasteiger charge is -2.26. The van der Waals surface area contributed by atoms with Crippen LogP contribution in [0.1, 0.15) is 27.3 Å². The van der Waals surface area contributed by atoms with Gasteiger partial charge in [-0.2, -0.15) is 5.10 Å². The standard InChI is InChI=1S/C38H31FN6O4S/c1-26-41-25-44(42-26)33-20-12-19-30(35(33)39)34-21-31-32(38(46)49-2)22-40-37(36(31)45(34)50(47,48)29-17-10-5-11-18-29)43(23-27-13-6-3-7-14-27)24-28-15-8-4-9-16-28/h3-22,25H,23-24H2,1-2H3. The number of rotatable bonds is 10. The van der Waals surface area contributed by atoms with Gasteiger partial charge in [-0.25, -0.2) is 36.2 Å². The van der Waals surface area contributed by atoms with Crippen LogP contribution in [0.15, 0.2) is 133 Å². The summed E-state index contributed by atoms with van der Waals surface area (Å²) in [5.74, 6) is -0.746. The van der Waals surface area contributed by atoms with E-state index >= 15 is 4.39 Å². The summed E-state index contributed by atoms with van der Waals surface area (Å²) in [5.41, 5.74) is 2.03. The molecule has 7 aromatic rings. The van der Waals surface area contributed by atoms with Crippen LogP contribution in [0.2, 0.25) is 0 Å². The number of esters is 1. The van der Waals surface area contributed by atoms with Crippen LogP contribution >= 0.6 is 0 Å². The Morgan fingerprint density at radius 3 is 2.04 bits per heavy atom. The van der Waals surface area contributed by atoms with Gasteiger partial charge in [0.15, 0.2) is 11.6 Å². The van der Waals surface area contributed by atoms with Crippen molar-refractivity contribution in [1.82, 2.24) is 23.7 Å². The van der Waals surface area contributed by atoms with Crippen LogP contribution in [0.3, 0.4) is 0 Å². The molecule has 0 spiro atoms. The predicted octanol–water partition coefficient (Wildman–Crippen LogP) is 6.96. The molecule has 0 aliphatic heterocycles. The van der Waals surface area contributed by atoms with Gasteiger partial charge in [-0.05, 0) is 48.4 Å². The molecule has 0 unspecified atom stereocenters. The van der Waals surface area contributed by atoms with Gasteiger partial charge in [0, 0.05) is 30.2 Å². The zero-order chi connectivity index (χ0) is 34.8. The highest BCUT2D eigenvalue weighted by Gasteiger charge is 2.32. The Hall–Kier alpha value is -6.14. The van der Waals surface area contributed by atoms with Crippen molar-refractivity contribution in [1.29, 1.82) is 0 Å². The summed E-state index contributed by atoms with van der Waals surface area (Å²) in [6.07, 6.45) is 2.76. The quantitative estimate of drug-likeness (QED) is 0.142. The number of aryl methyl sites for hydroxylation is 1. The highest BCUT2D eigenvalue weighted by atomic mass is 32.2. The monoisotopic (exact) mass is 686 g/mol. The lowest BCUT2D eigenvalue weighted by Crippen LogP contribution is -2.25. The van der Waals surface area contributed by atoms with Crippen LogP contribution in [0.4, 0.5) is 10.2 Å². The Labute approximate surface area is 288 Å². The van der Waals surface area contributed by atoms with Gasteiger partial charge in [0.25, 0.3) is 10.0 Å². The first-order valence-electron chi connectivity index (χ1n) is 15.7. The number of ether oxygens (including phenoxy) is 1. The molecule has 4 aromatic carbocycles. The molecular weight excluding hydrogens is 656 g/mol. The molecule has 0 radical (unpaired) electrons. The normalized spacial score (nSPS) is 11.5. The van der Waals surface area contributed by atoms with Crippen LogP contribution in [-0.2, 0) is 27.8 Å². The van der Waals surface area contributed by atoms with E-state index < -0.39 is 21.8 Å². The van der Waals surface area contributed by atoms with Gasteiger partial charge in [0.2, 0.25) is 0 Å². The van der Waals surface area contributed by atoms with E-state index in [-0.39, 0.29) is 44.1 Å². The molecule has 0 aliphatic carbocycles. The fourth-order valence-corrected chi connectivity index (χ4v) is 7.52. The summed E-state index contributed by atoms with van der Waals surface area (Å²) in [6, 6.07) is 33.4. The molecule has 0 fully saturated rings. The van der Waals surface area contributed by atoms with E-state index in [4.69, 9.17) is 9.72 Å². The molecule has 12 heteroatoms. The Bertz CT molecular complexity index is 2390. The minimum atomic E-state index is -4.45. The number of carbonyl (C=O) groups is 1. The zero-order valence-corrected chi connectivity index (χ0v) is 28.0. The average Bonchev–Trinajstić information content (AvgIpc) is 3.76. The Morgan fingerprint density at radius 1 is 0.840 bits per heavy atom. The Morgan fingerprint density at radius 2 is 1.46 bits per heavy atom. The van der Waals surface area contributed by atoms with Crippen molar-refractivity contribution in [2.45, 2.75) is 24.9 Å². The third-order valence-corrected chi connectivity index (χ3v) is 10.0. The second kappa shape index (κ2) is 13.4. The maximum atomic E-state index is 16.7. The highest BCUT2D eigenvalue weighted by Crippen LogP contribution is 2.40. The summed E-state index contributed by atoms with van der Waals surface area (Å²) in [4.78, 5) is 24.0. The first-order chi connectivity index (χ1) is 24.3. The average molecular weight is 687 g/mol. The van der Waals surface area contributed by atoms with Gasteiger partial charge in [-0.3, -0.25) is 0 Å². The van der Waals surface area contributed by atoms with Gasteiger partial charge in [0.1, 0.15) is 23.4 Å². The lowest BCUT2D eigenvalue weighted by atomic mass is 10.1. The smallest absolute Gasteiger partial charge is 0.340 e.